The maximum absolute atomic E-state index is 11.8. The lowest BCUT2D eigenvalue weighted by Crippen LogP contribution is -2.20. The molecule has 0 aliphatic carbocycles. The number of benzene rings is 1. The van der Waals surface area contributed by atoms with E-state index in [0.717, 1.165) is 22.4 Å². The van der Waals surface area contributed by atoms with E-state index in [0.29, 0.717) is 23.6 Å². The molecule has 1 aromatic carbocycles. The summed E-state index contributed by atoms with van der Waals surface area (Å²) in [6.07, 6.45) is 2.21. The Kier molecular flexibility index (Phi) is 2.89. The Labute approximate surface area is 132 Å². The average Bonchev–Trinajstić information content (AvgIpc) is 3.04. The van der Waals surface area contributed by atoms with Gasteiger partial charge in [0.1, 0.15) is 17.2 Å². The Bertz CT molecular complexity index is 945. The second-order valence-corrected chi connectivity index (χ2v) is 5.74. The first kappa shape index (κ1) is 13.8. The third kappa shape index (κ3) is 1.99. The van der Waals surface area contributed by atoms with Crippen LogP contribution in [0.25, 0.3) is 16.9 Å². The normalized spacial score (nSPS) is 13.8. The number of nitrogens with two attached hydrogens (primary N) is 1. The molecular weight excluding hydrogens is 292 g/mol. The fourth-order valence-electron chi connectivity index (χ4n) is 3.03. The van der Waals surface area contributed by atoms with Gasteiger partial charge in [-0.3, -0.25) is 9.20 Å². The quantitative estimate of drug-likeness (QED) is 0.753. The Morgan fingerprint density at radius 2 is 2.13 bits per heavy atom. The fraction of sp³-hybridized carbons (Fsp3) is 0.176. The van der Waals surface area contributed by atoms with Crippen molar-refractivity contribution in [2.45, 2.75) is 13.0 Å². The molecule has 0 spiro atoms. The van der Waals surface area contributed by atoms with Gasteiger partial charge >= 0.3 is 0 Å². The summed E-state index contributed by atoms with van der Waals surface area (Å²) in [6, 6.07) is 9.45. The molecule has 2 aromatic heterocycles. The van der Waals surface area contributed by atoms with E-state index in [-0.39, 0.29) is 12.5 Å². The van der Waals surface area contributed by atoms with Crippen LogP contribution in [0.3, 0.4) is 0 Å². The van der Waals surface area contributed by atoms with Crippen LogP contribution >= 0.6 is 0 Å². The van der Waals surface area contributed by atoms with Gasteiger partial charge in [-0.2, -0.15) is 0 Å². The number of carbonyl (C=O) groups excluding carboxylic acids is 1. The van der Waals surface area contributed by atoms with E-state index >= 15 is 0 Å². The Morgan fingerprint density at radius 1 is 1.30 bits per heavy atom. The van der Waals surface area contributed by atoms with Gasteiger partial charge in [0, 0.05) is 24.5 Å². The lowest BCUT2D eigenvalue weighted by molar-refractivity contribution is -0.117. The smallest absolute Gasteiger partial charge is 0.231 e. The molecule has 4 rings (SSSR count). The molecule has 3 aromatic rings. The van der Waals surface area contributed by atoms with Crippen LogP contribution in [-0.4, -0.2) is 27.4 Å². The number of nitrogen functional groups attached to an aromatic ring is 1. The van der Waals surface area contributed by atoms with Crippen molar-refractivity contribution in [3.63, 3.8) is 0 Å². The highest BCUT2D eigenvalue weighted by molar-refractivity contribution is 6.01. The van der Waals surface area contributed by atoms with Crippen LogP contribution in [0.2, 0.25) is 0 Å². The molecule has 0 saturated heterocycles. The molecule has 0 atom stereocenters. The molecule has 0 unspecified atom stereocenters. The van der Waals surface area contributed by atoms with Crippen molar-refractivity contribution in [3.05, 3.63) is 47.7 Å². The van der Waals surface area contributed by atoms with Gasteiger partial charge in [0.25, 0.3) is 0 Å². The van der Waals surface area contributed by atoms with E-state index in [9.17, 15) is 9.90 Å². The lowest BCUT2D eigenvalue weighted by atomic mass is 10.1. The maximum Gasteiger partial charge on any atom is 0.231 e. The molecular formula is C17H16N4O2. The van der Waals surface area contributed by atoms with E-state index in [1.54, 1.807) is 22.5 Å². The molecule has 3 N–H and O–H groups in total. The first-order valence-corrected chi connectivity index (χ1v) is 7.35. The van der Waals surface area contributed by atoms with Crippen LogP contribution in [0.1, 0.15) is 11.1 Å². The van der Waals surface area contributed by atoms with Gasteiger partial charge in [0.15, 0.2) is 0 Å². The summed E-state index contributed by atoms with van der Waals surface area (Å²) in [5.41, 5.74) is 11.2. The molecule has 6 heteroatoms. The molecule has 1 amide bonds. The molecule has 23 heavy (non-hydrogen) atoms. The largest absolute Gasteiger partial charge is 0.392 e. The first-order chi connectivity index (χ1) is 11.1. The molecule has 0 saturated carbocycles. The van der Waals surface area contributed by atoms with E-state index in [1.807, 2.05) is 30.3 Å². The number of aliphatic hydroxyl groups is 1. The maximum atomic E-state index is 11.8. The molecule has 1 aliphatic heterocycles. The van der Waals surface area contributed by atoms with Crippen LogP contribution in [0.15, 0.2) is 36.5 Å². The van der Waals surface area contributed by atoms with Gasteiger partial charge in [0.2, 0.25) is 5.91 Å². The van der Waals surface area contributed by atoms with Crippen LogP contribution in [-0.2, 0) is 17.8 Å². The van der Waals surface area contributed by atoms with Crippen LogP contribution < -0.4 is 10.6 Å². The van der Waals surface area contributed by atoms with Crippen molar-refractivity contribution in [1.82, 2.24) is 9.38 Å². The van der Waals surface area contributed by atoms with Gasteiger partial charge in [-0.25, -0.2) is 4.98 Å². The van der Waals surface area contributed by atoms with E-state index in [2.05, 4.69) is 4.98 Å². The van der Waals surface area contributed by atoms with Gasteiger partial charge in [0.05, 0.1) is 13.0 Å². The number of anilines is 2. The standard InChI is InChI=1S/C17H16N4O2/c1-20-13-3-2-11(7-12(13)8-15(20)23)16-17(18)21-5-4-10(9-22)6-14(21)19-16/h2-7,22H,8-9,18H2,1H3. The number of hydrogen-bond donors (Lipinski definition) is 2. The van der Waals surface area contributed by atoms with Crippen molar-refractivity contribution in [1.29, 1.82) is 0 Å². The number of nitrogens with zero attached hydrogens (tertiary/aromatic N) is 3. The molecule has 1 aliphatic rings. The van der Waals surface area contributed by atoms with E-state index < -0.39 is 0 Å². The number of aromatic nitrogens is 2. The average molecular weight is 308 g/mol. The van der Waals surface area contributed by atoms with E-state index in [4.69, 9.17) is 5.73 Å². The number of carbonyl (C=O) groups is 1. The SMILES string of the molecule is CN1C(=O)Cc2cc(-c3nc4cc(CO)ccn4c3N)ccc21. The zero-order valence-electron chi connectivity index (χ0n) is 12.7. The zero-order chi connectivity index (χ0) is 16.1. The van der Waals surface area contributed by atoms with Crippen LogP contribution in [0.4, 0.5) is 11.5 Å². The number of pyridine rings is 1. The molecule has 0 bridgehead atoms. The summed E-state index contributed by atoms with van der Waals surface area (Å²) in [5.74, 6) is 0.634. The second-order valence-electron chi connectivity index (χ2n) is 5.74. The lowest BCUT2D eigenvalue weighted by Gasteiger charge is -2.10. The molecule has 6 nitrogen and oxygen atoms in total. The van der Waals surface area contributed by atoms with Crippen molar-refractivity contribution in [3.8, 4) is 11.3 Å². The number of likely N-dealkylation sites (N-methyl/N-ethyl adjacent to an activating group) is 1. The fourth-order valence-corrected chi connectivity index (χ4v) is 3.03. The van der Waals surface area contributed by atoms with Gasteiger partial charge in [-0.05, 0) is 35.4 Å². The summed E-state index contributed by atoms with van der Waals surface area (Å²) in [6.45, 7) is -0.0358. The minimum absolute atomic E-state index is 0.0358. The monoisotopic (exact) mass is 308 g/mol. The first-order valence-electron chi connectivity index (χ1n) is 7.35. The van der Waals surface area contributed by atoms with Gasteiger partial charge in [-0.1, -0.05) is 6.07 Å². The molecule has 0 fully saturated rings. The third-order valence-corrected chi connectivity index (χ3v) is 4.34. The van der Waals surface area contributed by atoms with Crippen molar-refractivity contribution < 1.29 is 9.90 Å². The highest BCUT2D eigenvalue weighted by atomic mass is 16.3. The number of hydrogen-bond acceptors (Lipinski definition) is 4. The number of amides is 1. The molecule has 0 radical (unpaired) electrons. The Balaban J connectivity index is 1.85. The van der Waals surface area contributed by atoms with Gasteiger partial charge < -0.3 is 15.7 Å². The zero-order valence-corrected chi connectivity index (χ0v) is 12.7. The number of imidazole rings is 1. The van der Waals surface area contributed by atoms with Crippen LogP contribution in [0, 0.1) is 0 Å². The summed E-state index contributed by atoms with van der Waals surface area (Å²) in [4.78, 5) is 18.1. The van der Waals surface area contributed by atoms with Crippen molar-refractivity contribution in [2.24, 2.45) is 0 Å². The Morgan fingerprint density at radius 3 is 2.91 bits per heavy atom. The van der Waals surface area contributed by atoms with Crippen molar-refractivity contribution in [2.75, 3.05) is 17.7 Å². The predicted octanol–water partition coefficient (Wildman–Crippen LogP) is 1.59. The molecule has 3 heterocycles. The van der Waals surface area contributed by atoms with Crippen LogP contribution in [0.5, 0.6) is 0 Å². The predicted molar refractivity (Wildman–Crippen MR) is 88.1 cm³/mol. The topological polar surface area (TPSA) is 83.9 Å². The highest BCUT2D eigenvalue weighted by Crippen LogP contribution is 2.34. The van der Waals surface area contributed by atoms with Gasteiger partial charge in [-0.15, -0.1) is 0 Å². The minimum Gasteiger partial charge on any atom is -0.392 e. The molecule has 116 valence electrons. The number of rotatable bonds is 2. The van der Waals surface area contributed by atoms with Crippen molar-refractivity contribution >= 4 is 23.1 Å². The summed E-state index contributed by atoms with van der Waals surface area (Å²) >= 11 is 0. The van der Waals surface area contributed by atoms with E-state index in [1.165, 1.54) is 0 Å². The Hall–Kier alpha value is -2.86. The summed E-state index contributed by atoms with van der Waals surface area (Å²) in [5, 5.41) is 9.24. The highest BCUT2D eigenvalue weighted by Gasteiger charge is 2.24. The summed E-state index contributed by atoms with van der Waals surface area (Å²) < 4.78 is 1.79. The number of fused-ring (bicyclic) bond motifs is 2. The third-order valence-electron chi connectivity index (χ3n) is 4.34. The second kappa shape index (κ2) is 4.82. The number of aliphatic hydroxyl groups excluding tert-OH is 1. The minimum atomic E-state index is -0.0358. The summed E-state index contributed by atoms with van der Waals surface area (Å²) in [7, 11) is 1.78.